The van der Waals surface area contributed by atoms with E-state index in [9.17, 15) is 0 Å². The molecule has 2 aromatic carbocycles. The summed E-state index contributed by atoms with van der Waals surface area (Å²) < 4.78 is 8.55. The van der Waals surface area contributed by atoms with Crippen LogP contribution in [0.25, 0.3) is 5.69 Å². The molecule has 0 radical (unpaired) electrons. The number of para-hydroxylation sites is 1. The van der Waals surface area contributed by atoms with E-state index in [1.165, 1.54) is 5.69 Å². The number of aryl methyl sites for hydroxylation is 1. The van der Waals surface area contributed by atoms with Gasteiger partial charge in [0.05, 0.1) is 24.7 Å². The number of aromatic nitrogens is 1. The number of hydrogen-bond donors (Lipinski definition) is 0. The lowest BCUT2D eigenvalue weighted by Gasteiger charge is -2.10. The fraction of sp³-hybridized carbons (Fsp3) is 0.105. The Hall–Kier alpha value is -2.08. The van der Waals surface area contributed by atoms with Crippen LogP contribution in [0.1, 0.15) is 11.4 Å². The van der Waals surface area contributed by atoms with Crippen LogP contribution in [-0.2, 0) is 0 Å². The summed E-state index contributed by atoms with van der Waals surface area (Å²) in [5.74, 6) is 0.854. The van der Waals surface area contributed by atoms with Crippen LogP contribution in [0.5, 0.6) is 5.75 Å². The van der Waals surface area contributed by atoms with Crippen molar-refractivity contribution in [2.24, 2.45) is 4.99 Å². The molecule has 0 saturated heterocycles. The third-order valence-electron chi connectivity index (χ3n) is 3.63. The van der Waals surface area contributed by atoms with E-state index in [0.717, 1.165) is 26.4 Å². The van der Waals surface area contributed by atoms with Crippen LogP contribution in [0.4, 0.5) is 5.69 Å². The van der Waals surface area contributed by atoms with Gasteiger partial charge in [-0.2, -0.15) is 0 Å². The van der Waals surface area contributed by atoms with Gasteiger partial charge in [0, 0.05) is 15.0 Å². The first-order chi connectivity index (χ1) is 11.2. The molecule has 0 amide bonds. The molecule has 116 valence electrons. The highest BCUT2D eigenvalue weighted by Gasteiger charge is 2.06. The monoisotopic (exact) mass is 416 g/mol. The molecule has 1 heterocycles. The third kappa shape index (κ3) is 3.47. The summed E-state index contributed by atoms with van der Waals surface area (Å²) in [6.45, 7) is 2.09. The average molecular weight is 416 g/mol. The molecule has 0 fully saturated rings. The number of rotatable bonds is 4. The summed E-state index contributed by atoms with van der Waals surface area (Å²) in [5.41, 5.74) is 4.29. The summed E-state index contributed by atoms with van der Waals surface area (Å²) >= 11 is 2.30. The molecule has 0 unspecified atom stereocenters. The van der Waals surface area contributed by atoms with E-state index in [2.05, 4.69) is 69.4 Å². The normalized spacial score (nSPS) is 11.1. The molecule has 0 saturated carbocycles. The maximum atomic E-state index is 5.23. The molecule has 0 aliphatic carbocycles. The quantitative estimate of drug-likeness (QED) is 0.427. The molecule has 0 atom stereocenters. The Labute approximate surface area is 149 Å². The van der Waals surface area contributed by atoms with Crippen LogP contribution in [-0.4, -0.2) is 17.9 Å². The number of hydrogen-bond acceptors (Lipinski definition) is 2. The fourth-order valence-electron chi connectivity index (χ4n) is 2.44. The molecular formula is C19H17IN2O. The van der Waals surface area contributed by atoms with Crippen LogP contribution in [0, 0.1) is 10.5 Å². The second-order valence-electron chi connectivity index (χ2n) is 5.14. The number of nitrogens with zero attached hydrogens (tertiary/aromatic N) is 2. The van der Waals surface area contributed by atoms with Crippen molar-refractivity contribution in [1.82, 2.24) is 4.57 Å². The first-order valence-electron chi connectivity index (χ1n) is 7.30. The predicted molar refractivity (Wildman–Crippen MR) is 103 cm³/mol. The number of methoxy groups -OCH3 is 1. The first kappa shape index (κ1) is 15.8. The van der Waals surface area contributed by atoms with Crippen LogP contribution in [0.15, 0.2) is 65.7 Å². The molecule has 0 spiro atoms. The Morgan fingerprint density at radius 3 is 2.43 bits per heavy atom. The Kier molecular flexibility index (Phi) is 4.81. The second-order valence-corrected chi connectivity index (χ2v) is 6.30. The first-order valence-corrected chi connectivity index (χ1v) is 8.38. The summed E-state index contributed by atoms with van der Waals surface area (Å²) in [7, 11) is 1.68. The van der Waals surface area contributed by atoms with Crippen LogP contribution < -0.4 is 4.74 Å². The lowest BCUT2D eigenvalue weighted by atomic mass is 10.3. The van der Waals surface area contributed by atoms with E-state index < -0.39 is 0 Å². The topological polar surface area (TPSA) is 26.5 Å². The Balaban J connectivity index is 1.97. The maximum absolute atomic E-state index is 5.23. The Morgan fingerprint density at radius 2 is 1.74 bits per heavy atom. The van der Waals surface area contributed by atoms with Gasteiger partial charge < -0.3 is 9.30 Å². The van der Waals surface area contributed by atoms with E-state index in [1.807, 2.05) is 36.5 Å². The van der Waals surface area contributed by atoms with E-state index in [0.29, 0.717) is 0 Å². The molecule has 4 heteroatoms. The van der Waals surface area contributed by atoms with Gasteiger partial charge in [-0.3, -0.25) is 4.99 Å². The van der Waals surface area contributed by atoms with Crippen molar-refractivity contribution in [1.29, 1.82) is 0 Å². The zero-order valence-corrected chi connectivity index (χ0v) is 15.2. The van der Waals surface area contributed by atoms with Crippen molar-refractivity contribution in [2.45, 2.75) is 6.92 Å². The molecule has 0 bridgehead atoms. The summed E-state index contributed by atoms with van der Waals surface area (Å²) in [4.78, 5) is 4.63. The zero-order chi connectivity index (χ0) is 16.2. The average Bonchev–Trinajstić information content (AvgIpc) is 2.95. The molecular weight excluding hydrogens is 399 g/mol. The van der Waals surface area contributed by atoms with Crippen LogP contribution in [0.2, 0.25) is 0 Å². The van der Waals surface area contributed by atoms with Crippen molar-refractivity contribution >= 4 is 34.5 Å². The third-order valence-corrected chi connectivity index (χ3v) is 4.54. The van der Waals surface area contributed by atoms with Gasteiger partial charge in [-0.1, -0.05) is 12.1 Å². The van der Waals surface area contributed by atoms with Crippen molar-refractivity contribution in [2.75, 3.05) is 7.11 Å². The SMILES string of the molecule is COc1ccc(-n2c(C)ccc2C=Nc2ccccc2I)cc1. The number of benzene rings is 2. The summed E-state index contributed by atoms with van der Waals surface area (Å²) in [5, 5.41) is 0. The molecule has 23 heavy (non-hydrogen) atoms. The van der Waals surface area contributed by atoms with Gasteiger partial charge in [-0.05, 0) is 78.0 Å². The lowest BCUT2D eigenvalue weighted by molar-refractivity contribution is 0.414. The van der Waals surface area contributed by atoms with Crippen molar-refractivity contribution in [3.05, 3.63) is 75.6 Å². The minimum atomic E-state index is 0.854. The van der Waals surface area contributed by atoms with Gasteiger partial charge in [0.1, 0.15) is 5.75 Å². The van der Waals surface area contributed by atoms with Crippen molar-refractivity contribution < 1.29 is 4.74 Å². The summed E-state index contributed by atoms with van der Waals surface area (Å²) in [6, 6.07) is 20.3. The van der Waals surface area contributed by atoms with Gasteiger partial charge in [0.25, 0.3) is 0 Å². The number of aliphatic imine (C=N–C) groups is 1. The van der Waals surface area contributed by atoms with E-state index in [4.69, 9.17) is 4.74 Å². The van der Waals surface area contributed by atoms with E-state index in [1.54, 1.807) is 7.11 Å². The molecule has 0 N–H and O–H groups in total. The molecule has 3 rings (SSSR count). The van der Waals surface area contributed by atoms with Crippen LogP contribution >= 0.6 is 22.6 Å². The highest BCUT2D eigenvalue weighted by Crippen LogP contribution is 2.22. The van der Waals surface area contributed by atoms with Crippen molar-refractivity contribution in [3.8, 4) is 11.4 Å². The number of halogens is 1. The van der Waals surface area contributed by atoms with Gasteiger partial charge in [0.15, 0.2) is 0 Å². The highest BCUT2D eigenvalue weighted by atomic mass is 127. The van der Waals surface area contributed by atoms with E-state index >= 15 is 0 Å². The zero-order valence-electron chi connectivity index (χ0n) is 13.0. The van der Waals surface area contributed by atoms with Gasteiger partial charge in [-0.25, -0.2) is 0 Å². The van der Waals surface area contributed by atoms with Gasteiger partial charge >= 0.3 is 0 Å². The highest BCUT2D eigenvalue weighted by molar-refractivity contribution is 14.1. The number of ether oxygens (including phenoxy) is 1. The largest absolute Gasteiger partial charge is 0.497 e. The lowest BCUT2D eigenvalue weighted by Crippen LogP contribution is -2.01. The molecule has 3 aromatic rings. The Bertz CT molecular complexity index is 835. The van der Waals surface area contributed by atoms with Crippen molar-refractivity contribution in [3.63, 3.8) is 0 Å². The standard InChI is InChI=1S/C19H17IN2O/c1-14-7-8-16(13-21-19-6-4-3-5-18(19)20)22(14)15-9-11-17(23-2)12-10-15/h3-13H,1-2H3. The van der Waals surface area contributed by atoms with E-state index in [-0.39, 0.29) is 0 Å². The maximum Gasteiger partial charge on any atom is 0.119 e. The predicted octanol–water partition coefficient (Wildman–Crippen LogP) is 5.15. The van der Waals surface area contributed by atoms with Gasteiger partial charge in [-0.15, -0.1) is 0 Å². The molecule has 1 aromatic heterocycles. The minimum absolute atomic E-state index is 0.854. The fourth-order valence-corrected chi connectivity index (χ4v) is 2.96. The van der Waals surface area contributed by atoms with Gasteiger partial charge in [0.2, 0.25) is 0 Å². The molecule has 3 nitrogen and oxygen atoms in total. The van der Waals surface area contributed by atoms with Crippen LogP contribution in [0.3, 0.4) is 0 Å². The Morgan fingerprint density at radius 1 is 1.00 bits per heavy atom. The minimum Gasteiger partial charge on any atom is -0.497 e. The summed E-state index contributed by atoms with van der Waals surface area (Å²) in [6.07, 6.45) is 1.91. The molecule has 0 aliphatic rings. The smallest absolute Gasteiger partial charge is 0.119 e. The molecule has 0 aliphatic heterocycles. The second kappa shape index (κ2) is 7.00.